The molecule has 2 aliphatic rings. The van der Waals surface area contributed by atoms with Crippen LogP contribution in [0, 0.1) is 19.8 Å². The number of carbonyl (C=O) groups is 2. The fourth-order valence-electron chi connectivity index (χ4n) is 4.81. The number of nitrogens with one attached hydrogen (secondary N) is 1. The molecule has 2 fully saturated rings. The molecule has 0 atom stereocenters. The zero-order valence-corrected chi connectivity index (χ0v) is 20.5. The monoisotopic (exact) mass is 464 g/mol. The average molecular weight is 465 g/mol. The standard InChI is InChI=1S/C27H36N4O3/c1-20-7-8-23(17-21(20)2)28-26(32)19-29-11-9-22(10-12-29)27(33)31-15-13-30(14-16-31)24-5-4-6-25(18-24)34-3/h4-8,17-18,22H,9-16,19H2,1-3H3,(H,28,32). The normalized spacial score (nSPS) is 17.5. The van der Waals surface area contributed by atoms with E-state index in [1.807, 2.05) is 48.2 Å². The van der Waals surface area contributed by atoms with Gasteiger partial charge in [0.15, 0.2) is 0 Å². The highest BCUT2D eigenvalue weighted by molar-refractivity contribution is 5.92. The molecule has 7 heteroatoms. The van der Waals surface area contributed by atoms with Crippen LogP contribution >= 0.6 is 0 Å². The third-order valence-corrected chi connectivity index (χ3v) is 7.10. The van der Waals surface area contributed by atoms with E-state index in [9.17, 15) is 9.59 Å². The first-order valence-corrected chi connectivity index (χ1v) is 12.2. The number of ether oxygens (including phenoxy) is 1. The molecule has 0 saturated carbocycles. The Hall–Kier alpha value is -3.06. The summed E-state index contributed by atoms with van der Waals surface area (Å²) in [5, 5.41) is 3.00. The van der Waals surface area contributed by atoms with Crippen molar-refractivity contribution in [3.8, 4) is 5.75 Å². The molecule has 0 radical (unpaired) electrons. The first-order valence-electron chi connectivity index (χ1n) is 12.2. The fourth-order valence-corrected chi connectivity index (χ4v) is 4.81. The third-order valence-electron chi connectivity index (χ3n) is 7.10. The number of piperidine rings is 1. The van der Waals surface area contributed by atoms with E-state index >= 15 is 0 Å². The van der Waals surface area contributed by atoms with Crippen molar-refractivity contribution >= 4 is 23.2 Å². The summed E-state index contributed by atoms with van der Waals surface area (Å²) in [5.74, 6) is 1.18. The van der Waals surface area contributed by atoms with Gasteiger partial charge in [0, 0.05) is 49.5 Å². The van der Waals surface area contributed by atoms with Gasteiger partial charge in [-0.15, -0.1) is 0 Å². The first kappa shape index (κ1) is 24.1. The van der Waals surface area contributed by atoms with E-state index in [1.54, 1.807) is 7.11 Å². The Kier molecular flexibility index (Phi) is 7.73. The van der Waals surface area contributed by atoms with E-state index in [2.05, 4.69) is 28.1 Å². The molecule has 0 unspecified atom stereocenters. The molecule has 0 aliphatic carbocycles. The van der Waals surface area contributed by atoms with Crippen LogP contribution in [-0.4, -0.2) is 74.5 Å². The molecule has 2 aromatic carbocycles. The van der Waals surface area contributed by atoms with Crippen molar-refractivity contribution in [2.24, 2.45) is 5.92 Å². The lowest BCUT2D eigenvalue weighted by molar-refractivity contribution is -0.137. The molecule has 2 heterocycles. The van der Waals surface area contributed by atoms with Gasteiger partial charge in [-0.05, 0) is 75.2 Å². The number of piperazine rings is 1. The van der Waals surface area contributed by atoms with Crippen molar-refractivity contribution in [1.29, 1.82) is 0 Å². The van der Waals surface area contributed by atoms with Gasteiger partial charge in [-0.3, -0.25) is 14.5 Å². The Labute approximate surface area is 202 Å². The number of anilines is 2. The molecule has 0 aromatic heterocycles. The Morgan fingerprint density at radius 3 is 2.35 bits per heavy atom. The van der Waals surface area contributed by atoms with Gasteiger partial charge in [0.05, 0.1) is 13.7 Å². The summed E-state index contributed by atoms with van der Waals surface area (Å²) in [6.07, 6.45) is 1.62. The maximum absolute atomic E-state index is 13.1. The highest BCUT2D eigenvalue weighted by atomic mass is 16.5. The Morgan fingerprint density at radius 2 is 1.68 bits per heavy atom. The minimum atomic E-state index is 0.00157. The number of amides is 2. The van der Waals surface area contributed by atoms with E-state index in [-0.39, 0.29) is 17.7 Å². The second-order valence-corrected chi connectivity index (χ2v) is 9.41. The molecule has 2 aromatic rings. The van der Waals surface area contributed by atoms with Crippen LogP contribution < -0.4 is 15.0 Å². The van der Waals surface area contributed by atoms with Crippen LogP contribution in [-0.2, 0) is 9.59 Å². The lowest BCUT2D eigenvalue weighted by Crippen LogP contribution is -2.52. The Balaban J connectivity index is 1.20. The largest absolute Gasteiger partial charge is 0.497 e. The van der Waals surface area contributed by atoms with Crippen LogP contribution in [0.25, 0.3) is 0 Å². The molecule has 1 N–H and O–H groups in total. The fraction of sp³-hybridized carbons (Fsp3) is 0.481. The molecular formula is C27H36N4O3. The number of likely N-dealkylation sites (tertiary alicyclic amines) is 1. The lowest BCUT2D eigenvalue weighted by atomic mass is 9.95. The first-order chi connectivity index (χ1) is 16.4. The van der Waals surface area contributed by atoms with Crippen molar-refractivity contribution in [1.82, 2.24) is 9.80 Å². The zero-order chi connectivity index (χ0) is 24.1. The summed E-state index contributed by atoms with van der Waals surface area (Å²) in [5.41, 5.74) is 4.36. The van der Waals surface area contributed by atoms with Gasteiger partial charge in [0.25, 0.3) is 0 Å². The molecule has 7 nitrogen and oxygen atoms in total. The van der Waals surface area contributed by atoms with Gasteiger partial charge < -0.3 is 19.9 Å². The second kappa shape index (κ2) is 10.9. The second-order valence-electron chi connectivity index (χ2n) is 9.41. The summed E-state index contributed by atoms with van der Waals surface area (Å²) < 4.78 is 5.34. The zero-order valence-electron chi connectivity index (χ0n) is 20.5. The predicted molar refractivity (Wildman–Crippen MR) is 135 cm³/mol. The number of hydrogen-bond acceptors (Lipinski definition) is 5. The van der Waals surface area contributed by atoms with Gasteiger partial charge in [-0.1, -0.05) is 12.1 Å². The van der Waals surface area contributed by atoms with E-state index in [0.717, 1.165) is 69.2 Å². The van der Waals surface area contributed by atoms with Gasteiger partial charge >= 0.3 is 0 Å². The molecule has 0 bridgehead atoms. The minimum absolute atomic E-state index is 0.00157. The maximum Gasteiger partial charge on any atom is 0.238 e. The molecule has 0 spiro atoms. The van der Waals surface area contributed by atoms with Crippen LogP contribution in [0.2, 0.25) is 0 Å². The minimum Gasteiger partial charge on any atom is -0.497 e. The molecule has 4 rings (SSSR count). The van der Waals surface area contributed by atoms with Crippen LogP contribution in [0.1, 0.15) is 24.0 Å². The van der Waals surface area contributed by atoms with Gasteiger partial charge in [-0.25, -0.2) is 0 Å². The van der Waals surface area contributed by atoms with Crippen LogP contribution in [0.5, 0.6) is 5.75 Å². The number of hydrogen-bond donors (Lipinski definition) is 1. The summed E-state index contributed by atoms with van der Waals surface area (Å²) in [6.45, 7) is 9.18. The SMILES string of the molecule is COc1cccc(N2CCN(C(=O)C3CCN(CC(=O)Nc4ccc(C)c(C)c4)CC3)CC2)c1. The number of nitrogens with zero attached hydrogens (tertiary/aromatic N) is 3. The van der Waals surface area contributed by atoms with E-state index in [0.29, 0.717) is 6.54 Å². The molecule has 2 amide bonds. The Bertz CT molecular complexity index is 1010. The summed E-state index contributed by atoms with van der Waals surface area (Å²) in [6, 6.07) is 14.1. The third kappa shape index (κ3) is 5.89. The van der Waals surface area contributed by atoms with Crippen molar-refractivity contribution in [3.63, 3.8) is 0 Å². The van der Waals surface area contributed by atoms with Gasteiger partial charge in [0.2, 0.25) is 11.8 Å². The molecule has 2 saturated heterocycles. The maximum atomic E-state index is 13.1. The molecular weight excluding hydrogens is 428 g/mol. The summed E-state index contributed by atoms with van der Waals surface area (Å²) in [7, 11) is 1.68. The van der Waals surface area contributed by atoms with Crippen LogP contribution in [0.3, 0.4) is 0 Å². The quantitative estimate of drug-likeness (QED) is 0.711. The summed E-state index contributed by atoms with van der Waals surface area (Å²) in [4.78, 5) is 32.1. The topological polar surface area (TPSA) is 65.1 Å². The highest BCUT2D eigenvalue weighted by Gasteiger charge is 2.31. The molecule has 2 aliphatic heterocycles. The van der Waals surface area contributed by atoms with Crippen LogP contribution in [0.15, 0.2) is 42.5 Å². The van der Waals surface area contributed by atoms with E-state index in [4.69, 9.17) is 4.74 Å². The van der Waals surface area contributed by atoms with Crippen molar-refractivity contribution in [2.45, 2.75) is 26.7 Å². The lowest BCUT2D eigenvalue weighted by Gasteiger charge is -2.39. The number of carbonyl (C=O) groups excluding carboxylic acids is 2. The summed E-state index contributed by atoms with van der Waals surface area (Å²) >= 11 is 0. The predicted octanol–water partition coefficient (Wildman–Crippen LogP) is 3.31. The Morgan fingerprint density at radius 1 is 0.941 bits per heavy atom. The molecule has 34 heavy (non-hydrogen) atoms. The van der Waals surface area contributed by atoms with Gasteiger partial charge in [-0.2, -0.15) is 0 Å². The van der Waals surface area contributed by atoms with E-state index < -0.39 is 0 Å². The number of rotatable bonds is 6. The average Bonchev–Trinajstić information content (AvgIpc) is 2.86. The number of benzene rings is 2. The highest BCUT2D eigenvalue weighted by Crippen LogP contribution is 2.24. The van der Waals surface area contributed by atoms with Crippen molar-refractivity contribution < 1.29 is 14.3 Å². The van der Waals surface area contributed by atoms with Crippen LogP contribution in [0.4, 0.5) is 11.4 Å². The van der Waals surface area contributed by atoms with Crippen molar-refractivity contribution in [3.05, 3.63) is 53.6 Å². The molecule has 182 valence electrons. The smallest absolute Gasteiger partial charge is 0.238 e. The van der Waals surface area contributed by atoms with E-state index in [1.165, 1.54) is 11.1 Å². The number of methoxy groups -OCH3 is 1. The number of aryl methyl sites for hydroxylation is 2. The van der Waals surface area contributed by atoms with Crippen molar-refractivity contribution in [2.75, 3.05) is 63.1 Å². The van der Waals surface area contributed by atoms with Gasteiger partial charge in [0.1, 0.15) is 5.75 Å².